The molecule has 0 aromatic heterocycles. The minimum atomic E-state index is -0.537. The molecule has 2 aromatic rings. The number of carbonyl (C=O) groups is 2. The Labute approximate surface area is 206 Å². The van der Waals surface area contributed by atoms with Crippen LogP contribution in [0.15, 0.2) is 36.4 Å². The Morgan fingerprint density at radius 3 is 2.28 bits per heavy atom. The minimum Gasteiger partial charge on any atom is -0.354 e. The molecule has 0 saturated heterocycles. The molecule has 174 valence electrons. The number of hydrogen-bond acceptors (Lipinski definition) is 3. The van der Waals surface area contributed by atoms with Crippen molar-refractivity contribution in [1.29, 1.82) is 0 Å². The van der Waals surface area contributed by atoms with Gasteiger partial charge >= 0.3 is 0 Å². The number of rotatable bonds is 11. The van der Waals surface area contributed by atoms with Gasteiger partial charge in [-0.15, -0.1) is 11.8 Å². The summed E-state index contributed by atoms with van der Waals surface area (Å²) in [5, 5.41) is 3.83. The number of nitrogens with zero attached hydrogens (tertiary/aromatic N) is 1. The molecular weight excluding hydrogens is 463 g/mol. The molecule has 0 aliphatic heterocycles. The van der Waals surface area contributed by atoms with Gasteiger partial charge in [-0.1, -0.05) is 72.4 Å². The molecule has 0 aliphatic rings. The Kier molecular flexibility index (Phi) is 10.9. The van der Waals surface area contributed by atoms with Crippen LogP contribution in [0.25, 0.3) is 0 Å². The summed E-state index contributed by atoms with van der Waals surface area (Å²) in [6, 6.07) is 11.2. The highest BCUT2D eigenvalue weighted by molar-refractivity contribution is 7.99. The Hall–Kier alpha value is -1.69. The van der Waals surface area contributed by atoms with Gasteiger partial charge in [-0.3, -0.25) is 9.59 Å². The van der Waals surface area contributed by atoms with Crippen molar-refractivity contribution < 1.29 is 9.59 Å². The summed E-state index contributed by atoms with van der Waals surface area (Å²) >= 11 is 13.8. The molecule has 0 radical (unpaired) electrons. The number of aryl methyl sites for hydroxylation is 2. The van der Waals surface area contributed by atoms with Gasteiger partial charge in [0.15, 0.2) is 0 Å². The topological polar surface area (TPSA) is 49.4 Å². The second-order valence-corrected chi connectivity index (χ2v) is 9.77. The van der Waals surface area contributed by atoms with E-state index in [0.29, 0.717) is 35.3 Å². The SMILES string of the molecule is CCCNC(=O)[C@H](CC)N(Cc1ccc(Cl)c(Cl)c1)C(=O)CSCc1cc(C)cc(C)c1. The van der Waals surface area contributed by atoms with Gasteiger partial charge in [0.25, 0.3) is 0 Å². The lowest BCUT2D eigenvalue weighted by Gasteiger charge is -2.30. The highest BCUT2D eigenvalue weighted by atomic mass is 35.5. The lowest BCUT2D eigenvalue weighted by Crippen LogP contribution is -2.49. The van der Waals surface area contributed by atoms with E-state index in [-0.39, 0.29) is 11.8 Å². The van der Waals surface area contributed by atoms with Crippen LogP contribution in [0.2, 0.25) is 10.0 Å². The average molecular weight is 496 g/mol. The third kappa shape index (κ3) is 8.02. The number of nitrogens with one attached hydrogen (secondary N) is 1. The summed E-state index contributed by atoms with van der Waals surface area (Å²) < 4.78 is 0. The third-order valence-electron chi connectivity index (χ3n) is 5.05. The summed E-state index contributed by atoms with van der Waals surface area (Å²) in [6.45, 7) is 8.97. The van der Waals surface area contributed by atoms with Crippen molar-refractivity contribution in [3.8, 4) is 0 Å². The van der Waals surface area contributed by atoms with Crippen molar-refractivity contribution in [2.75, 3.05) is 12.3 Å². The zero-order chi connectivity index (χ0) is 23.7. The van der Waals surface area contributed by atoms with E-state index in [0.717, 1.165) is 17.7 Å². The van der Waals surface area contributed by atoms with E-state index < -0.39 is 6.04 Å². The first-order valence-electron chi connectivity index (χ1n) is 10.9. The van der Waals surface area contributed by atoms with E-state index in [1.165, 1.54) is 16.7 Å². The normalized spacial score (nSPS) is 11.8. The molecule has 1 N–H and O–H groups in total. The summed E-state index contributed by atoms with van der Waals surface area (Å²) in [5.41, 5.74) is 4.47. The largest absolute Gasteiger partial charge is 0.354 e. The minimum absolute atomic E-state index is 0.0658. The second-order valence-electron chi connectivity index (χ2n) is 7.97. The second kappa shape index (κ2) is 13.1. The van der Waals surface area contributed by atoms with Crippen molar-refractivity contribution in [2.24, 2.45) is 0 Å². The summed E-state index contributed by atoms with van der Waals surface area (Å²) in [7, 11) is 0. The van der Waals surface area contributed by atoms with Crippen LogP contribution in [0.3, 0.4) is 0 Å². The van der Waals surface area contributed by atoms with Gasteiger partial charge in [-0.2, -0.15) is 0 Å². The van der Waals surface area contributed by atoms with Crippen molar-refractivity contribution in [1.82, 2.24) is 10.2 Å². The van der Waals surface area contributed by atoms with E-state index in [1.807, 2.05) is 19.9 Å². The number of amides is 2. The van der Waals surface area contributed by atoms with Crippen molar-refractivity contribution in [3.05, 3.63) is 68.7 Å². The fourth-order valence-corrected chi connectivity index (χ4v) is 4.78. The zero-order valence-electron chi connectivity index (χ0n) is 19.2. The predicted octanol–water partition coefficient (Wildman–Crippen LogP) is 6.18. The van der Waals surface area contributed by atoms with Crippen LogP contribution in [0.5, 0.6) is 0 Å². The molecule has 7 heteroatoms. The lowest BCUT2D eigenvalue weighted by atomic mass is 10.1. The number of halogens is 2. The molecule has 0 heterocycles. The standard InChI is InChI=1S/C25H32Cl2N2O2S/c1-5-9-28-25(31)23(6-2)29(14-19-7-8-21(26)22(27)13-19)24(30)16-32-15-20-11-17(3)10-18(4)12-20/h7-8,10-13,23H,5-6,9,14-16H2,1-4H3,(H,28,31)/t23-/m0/s1. The number of thioether (sulfide) groups is 1. The summed E-state index contributed by atoms with van der Waals surface area (Å²) in [6.07, 6.45) is 1.37. The monoisotopic (exact) mass is 494 g/mol. The van der Waals surface area contributed by atoms with Crippen LogP contribution in [-0.2, 0) is 21.9 Å². The molecule has 0 saturated carbocycles. The Bertz CT molecular complexity index is 916. The molecule has 32 heavy (non-hydrogen) atoms. The molecule has 0 bridgehead atoms. The molecule has 4 nitrogen and oxygen atoms in total. The van der Waals surface area contributed by atoms with E-state index in [9.17, 15) is 9.59 Å². The smallest absolute Gasteiger partial charge is 0.242 e. The van der Waals surface area contributed by atoms with E-state index in [4.69, 9.17) is 23.2 Å². The van der Waals surface area contributed by atoms with Crippen LogP contribution in [0, 0.1) is 13.8 Å². The maximum absolute atomic E-state index is 13.3. The van der Waals surface area contributed by atoms with Crippen LogP contribution in [0.1, 0.15) is 48.9 Å². The zero-order valence-corrected chi connectivity index (χ0v) is 21.5. The summed E-state index contributed by atoms with van der Waals surface area (Å²) in [4.78, 5) is 27.7. The summed E-state index contributed by atoms with van der Waals surface area (Å²) in [5.74, 6) is 0.852. The van der Waals surface area contributed by atoms with Crippen LogP contribution >= 0.6 is 35.0 Å². The first-order chi connectivity index (χ1) is 15.2. The fourth-order valence-electron chi connectivity index (χ4n) is 3.61. The van der Waals surface area contributed by atoms with Gasteiger partial charge < -0.3 is 10.2 Å². The van der Waals surface area contributed by atoms with Crippen molar-refractivity contribution in [2.45, 2.75) is 58.9 Å². The number of hydrogen-bond donors (Lipinski definition) is 1. The van der Waals surface area contributed by atoms with Gasteiger partial charge in [0.2, 0.25) is 11.8 Å². The fraction of sp³-hybridized carbons (Fsp3) is 0.440. The van der Waals surface area contributed by atoms with Crippen molar-refractivity contribution in [3.63, 3.8) is 0 Å². The van der Waals surface area contributed by atoms with Gasteiger partial charge in [-0.25, -0.2) is 0 Å². The van der Waals surface area contributed by atoms with E-state index in [1.54, 1.807) is 28.8 Å². The first-order valence-corrected chi connectivity index (χ1v) is 12.8. The third-order valence-corrected chi connectivity index (χ3v) is 6.78. The highest BCUT2D eigenvalue weighted by Crippen LogP contribution is 2.25. The lowest BCUT2D eigenvalue weighted by molar-refractivity contribution is -0.139. The quantitative estimate of drug-likeness (QED) is 0.405. The maximum atomic E-state index is 13.3. The maximum Gasteiger partial charge on any atom is 0.242 e. The number of benzene rings is 2. The Morgan fingerprint density at radius 2 is 1.69 bits per heavy atom. The molecule has 1 atom stereocenters. The van der Waals surface area contributed by atoms with Crippen LogP contribution in [0.4, 0.5) is 0 Å². The molecule has 0 fully saturated rings. The van der Waals surface area contributed by atoms with Crippen LogP contribution in [-0.4, -0.2) is 35.1 Å². The van der Waals surface area contributed by atoms with Gasteiger partial charge in [0.05, 0.1) is 15.8 Å². The molecule has 2 amide bonds. The van der Waals surface area contributed by atoms with Crippen molar-refractivity contribution >= 4 is 46.8 Å². The molecule has 0 unspecified atom stereocenters. The van der Waals surface area contributed by atoms with E-state index >= 15 is 0 Å². The predicted molar refractivity (Wildman–Crippen MR) is 136 cm³/mol. The Morgan fingerprint density at radius 1 is 1.00 bits per heavy atom. The van der Waals surface area contributed by atoms with Gasteiger partial charge in [0, 0.05) is 18.8 Å². The Balaban J connectivity index is 2.16. The number of carbonyl (C=O) groups excluding carboxylic acids is 2. The molecule has 2 rings (SSSR count). The highest BCUT2D eigenvalue weighted by Gasteiger charge is 2.28. The molecule has 0 aliphatic carbocycles. The average Bonchev–Trinajstić information content (AvgIpc) is 2.73. The molecule has 0 spiro atoms. The first kappa shape index (κ1) is 26.6. The van der Waals surface area contributed by atoms with Gasteiger partial charge in [-0.05, 0) is 49.9 Å². The molecular formula is C25H32Cl2N2O2S. The van der Waals surface area contributed by atoms with Crippen LogP contribution < -0.4 is 5.32 Å². The van der Waals surface area contributed by atoms with E-state index in [2.05, 4.69) is 37.4 Å². The molecule has 2 aromatic carbocycles. The van der Waals surface area contributed by atoms with Gasteiger partial charge in [0.1, 0.15) is 6.04 Å².